The standard InChI is InChI=1S/C14H22ClN3/c1-17(2)14(18(3)4)16-11-7-9-12-8-5-6-10-13(12)15/h5-6,8,10H,7,9,11H2,1-4H3. The molecule has 0 fully saturated rings. The van der Waals surface area contributed by atoms with E-state index in [1.165, 1.54) is 5.56 Å². The first-order chi connectivity index (χ1) is 8.52. The van der Waals surface area contributed by atoms with Gasteiger partial charge in [-0.3, -0.25) is 4.99 Å². The van der Waals surface area contributed by atoms with Gasteiger partial charge in [-0.05, 0) is 24.5 Å². The highest BCUT2D eigenvalue weighted by atomic mass is 35.5. The van der Waals surface area contributed by atoms with Gasteiger partial charge < -0.3 is 9.80 Å². The summed E-state index contributed by atoms with van der Waals surface area (Å²) in [5.74, 6) is 0.995. The summed E-state index contributed by atoms with van der Waals surface area (Å²) in [5.41, 5.74) is 1.20. The number of rotatable bonds is 4. The molecular weight excluding hydrogens is 246 g/mol. The zero-order valence-corrected chi connectivity index (χ0v) is 12.4. The third kappa shape index (κ3) is 4.57. The van der Waals surface area contributed by atoms with Crippen molar-refractivity contribution in [2.24, 2.45) is 4.99 Å². The molecule has 0 bridgehead atoms. The molecular formula is C14H22ClN3. The Morgan fingerprint density at radius 2 is 1.72 bits per heavy atom. The van der Waals surface area contributed by atoms with E-state index in [1.807, 2.05) is 56.2 Å². The summed E-state index contributed by atoms with van der Waals surface area (Å²) in [6.07, 6.45) is 1.98. The van der Waals surface area contributed by atoms with Crippen LogP contribution in [0.1, 0.15) is 12.0 Å². The van der Waals surface area contributed by atoms with Crippen molar-refractivity contribution in [1.29, 1.82) is 0 Å². The Hall–Kier alpha value is -1.22. The summed E-state index contributed by atoms with van der Waals surface area (Å²) < 4.78 is 0. The number of hydrogen-bond donors (Lipinski definition) is 0. The average molecular weight is 268 g/mol. The molecule has 0 saturated heterocycles. The molecule has 1 rings (SSSR count). The number of guanidine groups is 1. The molecule has 18 heavy (non-hydrogen) atoms. The summed E-state index contributed by atoms with van der Waals surface area (Å²) in [6.45, 7) is 0.816. The summed E-state index contributed by atoms with van der Waals surface area (Å²) in [7, 11) is 8.03. The Morgan fingerprint density at radius 3 is 2.28 bits per heavy atom. The SMILES string of the molecule is CN(C)C(=NCCCc1ccccc1Cl)N(C)C. The van der Waals surface area contributed by atoms with E-state index in [1.54, 1.807) is 0 Å². The molecule has 1 aromatic rings. The lowest BCUT2D eigenvalue weighted by molar-refractivity contribution is 0.479. The molecule has 0 aromatic heterocycles. The molecule has 0 heterocycles. The topological polar surface area (TPSA) is 18.8 Å². The van der Waals surface area contributed by atoms with Gasteiger partial charge in [-0.1, -0.05) is 29.8 Å². The first-order valence-electron chi connectivity index (χ1n) is 6.15. The van der Waals surface area contributed by atoms with Crippen molar-refractivity contribution in [1.82, 2.24) is 9.80 Å². The Balaban J connectivity index is 2.47. The smallest absolute Gasteiger partial charge is 0.195 e. The van der Waals surface area contributed by atoms with Crippen molar-refractivity contribution < 1.29 is 0 Å². The molecule has 100 valence electrons. The van der Waals surface area contributed by atoms with Gasteiger partial charge in [0, 0.05) is 39.8 Å². The van der Waals surface area contributed by atoms with Gasteiger partial charge in [0.1, 0.15) is 0 Å². The number of hydrogen-bond acceptors (Lipinski definition) is 1. The molecule has 0 radical (unpaired) electrons. The highest BCUT2D eigenvalue weighted by Gasteiger charge is 2.03. The number of aliphatic imine (C=N–C) groups is 1. The minimum Gasteiger partial charge on any atom is -0.349 e. The Labute approximate surface area is 115 Å². The zero-order chi connectivity index (χ0) is 13.5. The van der Waals surface area contributed by atoms with E-state index in [4.69, 9.17) is 11.6 Å². The quantitative estimate of drug-likeness (QED) is 0.475. The fraction of sp³-hybridized carbons (Fsp3) is 0.500. The largest absolute Gasteiger partial charge is 0.349 e. The molecule has 0 spiro atoms. The van der Waals surface area contributed by atoms with Crippen LogP contribution in [0.4, 0.5) is 0 Å². The maximum absolute atomic E-state index is 6.11. The maximum Gasteiger partial charge on any atom is 0.195 e. The van der Waals surface area contributed by atoms with Gasteiger partial charge in [0.25, 0.3) is 0 Å². The summed E-state index contributed by atoms with van der Waals surface area (Å²) in [6, 6.07) is 7.99. The van der Waals surface area contributed by atoms with Crippen LogP contribution >= 0.6 is 11.6 Å². The lowest BCUT2D eigenvalue weighted by Crippen LogP contribution is -2.35. The number of benzene rings is 1. The lowest BCUT2D eigenvalue weighted by atomic mass is 10.1. The van der Waals surface area contributed by atoms with Crippen molar-refractivity contribution in [2.75, 3.05) is 34.7 Å². The van der Waals surface area contributed by atoms with E-state index in [9.17, 15) is 0 Å². The van der Waals surface area contributed by atoms with E-state index >= 15 is 0 Å². The van der Waals surface area contributed by atoms with Gasteiger partial charge in [0.15, 0.2) is 5.96 Å². The first kappa shape index (κ1) is 14.8. The van der Waals surface area contributed by atoms with Gasteiger partial charge in [0.05, 0.1) is 0 Å². The van der Waals surface area contributed by atoms with Crippen molar-refractivity contribution in [3.05, 3.63) is 34.9 Å². The van der Waals surface area contributed by atoms with Gasteiger partial charge in [-0.15, -0.1) is 0 Å². The molecule has 1 aromatic carbocycles. The van der Waals surface area contributed by atoms with Gasteiger partial charge >= 0.3 is 0 Å². The van der Waals surface area contributed by atoms with Crippen molar-refractivity contribution in [3.63, 3.8) is 0 Å². The minimum atomic E-state index is 0.816. The monoisotopic (exact) mass is 267 g/mol. The average Bonchev–Trinajstić information content (AvgIpc) is 2.30. The molecule has 0 atom stereocenters. The van der Waals surface area contributed by atoms with E-state index in [0.29, 0.717) is 0 Å². The molecule has 0 amide bonds. The zero-order valence-electron chi connectivity index (χ0n) is 11.7. The van der Waals surface area contributed by atoms with Crippen LogP contribution in [-0.4, -0.2) is 50.5 Å². The molecule has 0 aliphatic rings. The predicted octanol–water partition coefficient (Wildman–Crippen LogP) is 2.75. The molecule has 0 N–H and O–H groups in total. The van der Waals surface area contributed by atoms with Gasteiger partial charge in [-0.2, -0.15) is 0 Å². The van der Waals surface area contributed by atoms with Gasteiger partial charge in [-0.25, -0.2) is 0 Å². The molecule has 0 saturated carbocycles. The molecule has 3 nitrogen and oxygen atoms in total. The van der Waals surface area contributed by atoms with Crippen LogP contribution < -0.4 is 0 Å². The van der Waals surface area contributed by atoms with Crippen molar-refractivity contribution in [3.8, 4) is 0 Å². The van der Waals surface area contributed by atoms with Crippen LogP contribution in [0.15, 0.2) is 29.3 Å². The summed E-state index contributed by atoms with van der Waals surface area (Å²) in [4.78, 5) is 8.64. The molecule has 0 unspecified atom stereocenters. The van der Waals surface area contributed by atoms with Crippen LogP contribution in [0.25, 0.3) is 0 Å². The van der Waals surface area contributed by atoms with Crippen LogP contribution in [0, 0.1) is 0 Å². The lowest BCUT2D eigenvalue weighted by Gasteiger charge is -2.22. The Kier molecular flexibility index (Phi) is 5.99. The van der Waals surface area contributed by atoms with Crippen molar-refractivity contribution >= 4 is 17.6 Å². The van der Waals surface area contributed by atoms with Crippen molar-refractivity contribution in [2.45, 2.75) is 12.8 Å². The Morgan fingerprint density at radius 1 is 1.11 bits per heavy atom. The maximum atomic E-state index is 6.11. The molecule has 0 aliphatic carbocycles. The highest BCUT2D eigenvalue weighted by Crippen LogP contribution is 2.16. The minimum absolute atomic E-state index is 0.816. The van der Waals surface area contributed by atoms with E-state index in [0.717, 1.165) is 30.4 Å². The predicted molar refractivity (Wildman–Crippen MR) is 79.4 cm³/mol. The van der Waals surface area contributed by atoms with Crippen LogP contribution in [-0.2, 0) is 6.42 Å². The van der Waals surface area contributed by atoms with Crippen LogP contribution in [0.3, 0.4) is 0 Å². The number of halogens is 1. The van der Waals surface area contributed by atoms with E-state index in [-0.39, 0.29) is 0 Å². The van der Waals surface area contributed by atoms with E-state index in [2.05, 4.69) is 11.1 Å². The van der Waals surface area contributed by atoms with Gasteiger partial charge in [0.2, 0.25) is 0 Å². The molecule has 0 aliphatic heterocycles. The number of nitrogens with zero attached hydrogens (tertiary/aromatic N) is 3. The van der Waals surface area contributed by atoms with Crippen LogP contribution in [0.5, 0.6) is 0 Å². The fourth-order valence-corrected chi connectivity index (χ4v) is 2.06. The second kappa shape index (κ2) is 7.27. The summed E-state index contributed by atoms with van der Waals surface area (Å²) >= 11 is 6.11. The second-order valence-corrected chi connectivity index (χ2v) is 5.07. The normalized spacial score (nSPS) is 10.1. The fourth-order valence-electron chi connectivity index (χ4n) is 1.83. The summed E-state index contributed by atoms with van der Waals surface area (Å²) in [5, 5.41) is 0.849. The third-order valence-corrected chi connectivity index (χ3v) is 2.98. The second-order valence-electron chi connectivity index (χ2n) is 4.67. The number of aryl methyl sites for hydroxylation is 1. The first-order valence-corrected chi connectivity index (χ1v) is 6.52. The third-order valence-electron chi connectivity index (χ3n) is 2.62. The van der Waals surface area contributed by atoms with Crippen LogP contribution in [0.2, 0.25) is 5.02 Å². The Bertz CT molecular complexity index is 390. The van der Waals surface area contributed by atoms with E-state index < -0.39 is 0 Å². The highest BCUT2D eigenvalue weighted by molar-refractivity contribution is 6.31. The molecule has 4 heteroatoms.